The standard InChI is InChI=1S/C26H26N4O2/c1-19(2)30(21-13-7-4-8-14-21)25(31)18-29-23-16-10-9-15-22(23)28-24(29)17-27-26(32)20-11-5-3-6-12-20/h3-16,19H,17-18H2,1-2H3,(H,27,32). The third kappa shape index (κ3) is 4.54. The van der Waals surface area contributed by atoms with Gasteiger partial charge in [-0.2, -0.15) is 0 Å². The molecule has 6 nitrogen and oxygen atoms in total. The number of nitrogens with zero attached hydrogens (tertiary/aromatic N) is 3. The van der Waals surface area contributed by atoms with Crippen molar-refractivity contribution < 1.29 is 9.59 Å². The lowest BCUT2D eigenvalue weighted by atomic mass is 10.2. The summed E-state index contributed by atoms with van der Waals surface area (Å²) in [4.78, 5) is 32.4. The van der Waals surface area contributed by atoms with E-state index in [1.54, 1.807) is 17.0 Å². The van der Waals surface area contributed by atoms with Crippen LogP contribution in [0.4, 0.5) is 5.69 Å². The number of fused-ring (bicyclic) bond motifs is 1. The summed E-state index contributed by atoms with van der Waals surface area (Å²) in [5, 5.41) is 2.93. The minimum absolute atomic E-state index is 0.000851. The summed E-state index contributed by atoms with van der Waals surface area (Å²) in [6.07, 6.45) is 0. The van der Waals surface area contributed by atoms with Gasteiger partial charge in [-0.3, -0.25) is 9.59 Å². The van der Waals surface area contributed by atoms with E-state index < -0.39 is 0 Å². The zero-order valence-corrected chi connectivity index (χ0v) is 18.2. The van der Waals surface area contributed by atoms with E-state index in [1.807, 2.05) is 91.2 Å². The number of anilines is 1. The SMILES string of the molecule is CC(C)N(C(=O)Cn1c(CNC(=O)c2ccccc2)nc2ccccc21)c1ccccc1. The Kier molecular flexibility index (Phi) is 6.31. The molecule has 6 heteroatoms. The fourth-order valence-electron chi connectivity index (χ4n) is 3.82. The van der Waals surface area contributed by atoms with Crippen LogP contribution in [0.25, 0.3) is 11.0 Å². The summed E-state index contributed by atoms with van der Waals surface area (Å²) in [7, 11) is 0. The number of rotatable bonds is 7. The van der Waals surface area contributed by atoms with Gasteiger partial charge in [0, 0.05) is 17.3 Å². The van der Waals surface area contributed by atoms with Crippen LogP contribution in [0.15, 0.2) is 84.9 Å². The molecule has 0 saturated carbocycles. The molecule has 4 aromatic rings. The number of para-hydroxylation sites is 3. The molecule has 32 heavy (non-hydrogen) atoms. The largest absolute Gasteiger partial charge is 0.345 e. The molecule has 3 aromatic carbocycles. The van der Waals surface area contributed by atoms with E-state index in [4.69, 9.17) is 0 Å². The molecule has 0 atom stereocenters. The predicted octanol–water partition coefficient (Wildman–Crippen LogP) is 4.41. The van der Waals surface area contributed by atoms with Gasteiger partial charge < -0.3 is 14.8 Å². The number of amides is 2. The zero-order chi connectivity index (χ0) is 22.5. The highest BCUT2D eigenvalue weighted by Crippen LogP contribution is 2.20. The van der Waals surface area contributed by atoms with Crippen molar-refractivity contribution in [1.82, 2.24) is 14.9 Å². The molecule has 0 saturated heterocycles. The van der Waals surface area contributed by atoms with Crippen molar-refractivity contribution in [1.29, 1.82) is 0 Å². The van der Waals surface area contributed by atoms with Crippen LogP contribution in [-0.4, -0.2) is 27.4 Å². The van der Waals surface area contributed by atoms with E-state index in [-0.39, 0.29) is 30.9 Å². The Labute approximate surface area is 187 Å². The molecule has 0 spiro atoms. The molecule has 1 aromatic heterocycles. The van der Waals surface area contributed by atoms with E-state index in [2.05, 4.69) is 10.3 Å². The molecular formula is C26H26N4O2. The third-order valence-corrected chi connectivity index (χ3v) is 5.29. The fourth-order valence-corrected chi connectivity index (χ4v) is 3.82. The van der Waals surface area contributed by atoms with Crippen LogP contribution in [-0.2, 0) is 17.9 Å². The second-order valence-corrected chi connectivity index (χ2v) is 7.84. The van der Waals surface area contributed by atoms with Crippen LogP contribution < -0.4 is 10.2 Å². The van der Waals surface area contributed by atoms with Crippen LogP contribution in [0.2, 0.25) is 0 Å². The van der Waals surface area contributed by atoms with Gasteiger partial charge in [0.25, 0.3) is 5.91 Å². The lowest BCUT2D eigenvalue weighted by molar-refractivity contribution is -0.119. The van der Waals surface area contributed by atoms with Crippen LogP contribution in [0.1, 0.15) is 30.0 Å². The quantitative estimate of drug-likeness (QED) is 0.476. The minimum atomic E-state index is -0.177. The highest BCUT2D eigenvalue weighted by molar-refractivity contribution is 5.95. The number of hydrogen-bond acceptors (Lipinski definition) is 3. The molecule has 0 unspecified atom stereocenters. The van der Waals surface area contributed by atoms with E-state index >= 15 is 0 Å². The van der Waals surface area contributed by atoms with Crippen molar-refractivity contribution in [3.05, 3.63) is 96.3 Å². The Bertz CT molecular complexity index is 1220. The Morgan fingerprint density at radius 2 is 1.53 bits per heavy atom. The number of carbonyl (C=O) groups excluding carboxylic acids is 2. The molecule has 162 valence electrons. The van der Waals surface area contributed by atoms with E-state index in [0.717, 1.165) is 16.7 Å². The van der Waals surface area contributed by atoms with Crippen molar-refractivity contribution in [2.24, 2.45) is 0 Å². The van der Waals surface area contributed by atoms with E-state index in [1.165, 1.54) is 0 Å². The topological polar surface area (TPSA) is 67.2 Å². The van der Waals surface area contributed by atoms with Crippen LogP contribution in [0.3, 0.4) is 0 Å². The molecule has 0 bridgehead atoms. The summed E-state index contributed by atoms with van der Waals surface area (Å²) < 4.78 is 1.89. The zero-order valence-electron chi connectivity index (χ0n) is 18.2. The van der Waals surface area contributed by atoms with Crippen LogP contribution >= 0.6 is 0 Å². The lowest BCUT2D eigenvalue weighted by Gasteiger charge is -2.27. The first-order valence-electron chi connectivity index (χ1n) is 10.7. The molecule has 0 aliphatic rings. The fraction of sp³-hybridized carbons (Fsp3) is 0.192. The average molecular weight is 427 g/mol. The Morgan fingerprint density at radius 3 is 2.22 bits per heavy atom. The normalized spacial score (nSPS) is 11.0. The van der Waals surface area contributed by atoms with Gasteiger partial charge in [0.15, 0.2) is 0 Å². The number of aromatic nitrogens is 2. The molecule has 1 N–H and O–H groups in total. The van der Waals surface area contributed by atoms with Gasteiger partial charge in [-0.05, 0) is 50.2 Å². The summed E-state index contributed by atoms with van der Waals surface area (Å²) in [6, 6.07) is 26.4. The van der Waals surface area contributed by atoms with Crippen molar-refractivity contribution in [2.45, 2.75) is 33.0 Å². The Morgan fingerprint density at radius 1 is 0.906 bits per heavy atom. The number of hydrogen-bond donors (Lipinski definition) is 1. The molecule has 0 aliphatic heterocycles. The maximum absolute atomic E-state index is 13.4. The number of carbonyl (C=O) groups is 2. The van der Waals surface area contributed by atoms with Crippen molar-refractivity contribution >= 4 is 28.5 Å². The van der Waals surface area contributed by atoms with Gasteiger partial charge in [0.1, 0.15) is 12.4 Å². The number of nitrogens with one attached hydrogen (secondary N) is 1. The highest BCUT2D eigenvalue weighted by Gasteiger charge is 2.22. The monoisotopic (exact) mass is 426 g/mol. The highest BCUT2D eigenvalue weighted by atomic mass is 16.2. The van der Waals surface area contributed by atoms with Crippen molar-refractivity contribution in [2.75, 3.05) is 4.90 Å². The smallest absolute Gasteiger partial charge is 0.251 e. The second-order valence-electron chi connectivity index (χ2n) is 7.84. The molecule has 2 amide bonds. The van der Waals surface area contributed by atoms with Crippen molar-refractivity contribution in [3.8, 4) is 0 Å². The molecule has 4 rings (SSSR count). The van der Waals surface area contributed by atoms with Gasteiger partial charge in [-0.1, -0.05) is 48.5 Å². The van der Waals surface area contributed by atoms with Crippen molar-refractivity contribution in [3.63, 3.8) is 0 Å². The lowest BCUT2D eigenvalue weighted by Crippen LogP contribution is -2.39. The van der Waals surface area contributed by atoms with Gasteiger partial charge in [-0.15, -0.1) is 0 Å². The maximum atomic E-state index is 13.4. The van der Waals surface area contributed by atoms with E-state index in [0.29, 0.717) is 11.4 Å². The summed E-state index contributed by atoms with van der Waals surface area (Å²) in [6.45, 7) is 4.35. The predicted molar refractivity (Wildman–Crippen MR) is 126 cm³/mol. The van der Waals surface area contributed by atoms with Crippen LogP contribution in [0, 0.1) is 0 Å². The molecule has 0 radical (unpaired) electrons. The minimum Gasteiger partial charge on any atom is -0.345 e. The summed E-state index contributed by atoms with van der Waals surface area (Å²) in [5.41, 5.74) is 3.10. The Balaban J connectivity index is 1.61. The van der Waals surface area contributed by atoms with Gasteiger partial charge in [0.2, 0.25) is 5.91 Å². The second kappa shape index (κ2) is 9.47. The first-order chi connectivity index (χ1) is 15.5. The summed E-state index contributed by atoms with van der Waals surface area (Å²) >= 11 is 0. The van der Waals surface area contributed by atoms with Crippen LogP contribution in [0.5, 0.6) is 0 Å². The average Bonchev–Trinajstić information content (AvgIpc) is 3.16. The molecule has 0 fully saturated rings. The molecule has 0 aliphatic carbocycles. The maximum Gasteiger partial charge on any atom is 0.251 e. The molecular weight excluding hydrogens is 400 g/mol. The Hall–Kier alpha value is -3.93. The van der Waals surface area contributed by atoms with E-state index in [9.17, 15) is 9.59 Å². The van der Waals surface area contributed by atoms with Gasteiger partial charge in [-0.25, -0.2) is 4.98 Å². The first kappa shape index (κ1) is 21.3. The summed E-state index contributed by atoms with van der Waals surface area (Å²) in [5.74, 6) is 0.425. The third-order valence-electron chi connectivity index (χ3n) is 5.29. The molecule has 1 heterocycles. The van der Waals surface area contributed by atoms with Gasteiger partial charge >= 0.3 is 0 Å². The first-order valence-corrected chi connectivity index (χ1v) is 10.7. The number of imidazole rings is 1. The van der Waals surface area contributed by atoms with Gasteiger partial charge in [0.05, 0.1) is 17.6 Å². The number of benzene rings is 3.